The van der Waals surface area contributed by atoms with E-state index in [1.807, 2.05) is 54.9 Å². The fourth-order valence-electron chi connectivity index (χ4n) is 1.24. The molecule has 1 heterocycles. The molecule has 2 rings (SSSR count). The smallest absolute Gasteiger partial charge is 0.404 e. The summed E-state index contributed by atoms with van der Waals surface area (Å²) in [5.41, 5.74) is 1.14. The molecule has 0 radical (unpaired) electrons. The second kappa shape index (κ2) is 7.98. The molecule has 3 N–H and O–H groups in total. The molecule has 90 valence electrons. The van der Waals surface area contributed by atoms with Crippen LogP contribution >= 0.6 is 0 Å². The van der Waals surface area contributed by atoms with Crippen LogP contribution in [0.4, 0.5) is 4.79 Å². The number of rotatable bonds is 3. The predicted octanol–water partition coefficient (Wildman–Crippen LogP) is 2.51. The Morgan fingerprint density at radius 2 is 1.76 bits per heavy atom. The first-order chi connectivity index (χ1) is 8.29. The minimum Gasteiger partial charge on any atom is -0.465 e. The number of aromatic nitrogens is 1. The molecule has 0 bridgehead atoms. The molecule has 0 aliphatic rings. The number of H-pyrrole nitrogens is 1. The van der Waals surface area contributed by atoms with Crippen LogP contribution < -0.4 is 5.32 Å². The van der Waals surface area contributed by atoms with E-state index in [4.69, 9.17) is 5.11 Å². The van der Waals surface area contributed by atoms with Crippen LogP contribution in [0.5, 0.6) is 0 Å². The number of hydrogen-bond donors (Lipinski definition) is 3. The lowest BCUT2D eigenvalue weighted by molar-refractivity contribution is 0.194. The van der Waals surface area contributed by atoms with Gasteiger partial charge in [-0.2, -0.15) is 0 Å². The number of carboxylic acid groups (broad SMARTS) is 1. The van der Waals surface area contributed by atoms with E-state index in [2.05, 4.69) is 10.3 Å². The molecule has 2 aromatic rings. The van der Waals surface area contributed by atoms with Gasteiger partial charge in [0.25, 0.3) is 0 Å². The van der Waals surface area contributed by atoms with Crippen LogP contribution in [0.25, 0.3) is 0 Å². The van der Waals surface area contributed by atoms with Crippen molar-refractivity contribution in [3.05, 3.63) is 60.4 Å². The van der Waals surface area contributed by atoms with Crippen molar-refractivity contribution < 1.29 is 9.90 Å². The lowest BCUT2D eigenvalue weighted by Crippen LogP contribution is -2.23. The van der Waals surface area contributed by atoms with Crippen LogP contribution in [-0.2, 0) is 6.42 Å². The number of hydrogen-bond acceptors (Lipinski definition) is 1. The summed E-state index contributed by atoms with van der Waals surface area (Å²) in [7, 11) is 0. The zero-order valence-corrected chi connectivity index (χ0v) is 9.47. The van der Waals surface area contributed by atoms with Gasteiger partial charge in [0.2, 0.25) is 0 Å². The topological polar surface area (TPSA) is 65.1 Å². The molecule has 17 heavy (non-hydrogen) atoms. The van der Waals surface area contributed by atoms with Gasteiger partial charge in [-0.25, -0.2) is 4.79 Å². The standard InChI is InChI=1S/C9H11NO2.C4H5N/c11-9(12)10-7-6-8-4-2-1-3-5-8;1-2-4-5-3-1/h1-5,10H,6-7H2,(H,11,12);1-5H. The number of benzene rings is 1. The minimum atomic E-state index is -0.967. The molecular weight excluding hydrogens is 216 g/mol. The summed E-state index contributed by atoms with van der Waals surface area (Å²) in [4.78, 5) is 12.9. The zero-order valence-electron chi connectivity index (χ0n) is 9.47. The molecule has 0 atom stereocenters. The average molecular weight is 232 g/mol. The largest absolute Gasteiger partial charge is 0.465 e. The molecule has 1 aromatic heterocycles. The van der Waals surface area contributed by atoms with Gasteiger partial charge in [0.1, 0.15) is 0 Å². The minimum absolute atomic E-state index is 0.472. The van der Waals surface area contributed by atoms with Crippen LogP contribution in [0.1, 0.15) is 5.56 Å². The maximum Gasteiger partial charge on any atom is 0.404 e. The normalized spacial score (nSPS) is 8.94. The Kier molecular flexibility index (Phi) is 6.03. The lowest BCUT2D eigenvalue weighted by atomic mass is 10.1. The van der Waals surface area contributed by atoms with Crippen LogP contribution in [0.15, 0.2) is 54.9 Å². The summed E-state index contributed by atoms with van der Waals surface area (Å²) in [6, 6.07) is 13.7. The average Bonchev–Trinajstić information content (AvgIpc) is 2.88. The SMILES string of the molecule is O=C(O)NCCc1ccccc1.c1cc[nH]c1. The van der Waals surface area contributed by atoms with Gasteiger partial charge >= 0.3 is 6.09 Å². The summed E-state index contributed by atoms with van der Waals surface area (Å²) >= 11 is 0. The van der Waals surface area contributed by atoms with Gasteiger partial charge in [0.15, 0.2) is 0 Å². The highest BCUT2D eigenvalue weighted by Crippen LogP contribution is 1.97. The molecule has 0 unspecified atom stereocenters. The van der Waals surface area contributed by atoms with Gasteiger partial charge in [-0.3, -0.25) is 0 Å². The maximum absolute atomic E-state index is 10.1. The third-order valence-electron chi connectivity index (χ3n) is 2.03. The van der Waals surface area contributed by atoms with Crippen LogP contribution in [0.3, 0.4) is 0 Å². The first-order valence-corrected chi connectivity index (χ1v) is 5.37. The highest BCUT2D eigenvalue weighted by atomic mass is 16.4. The Morgan fingerprint density at radius 3 is 2.24 bits per heavy atom. The van der Waals surface area contributed by atoms with Crippen molar-refractivity contribution in [1.82, 2.24) is 10.3 Å². The molecular formula is C13H16N2O2. The van der Waals surface area contributed by atoms with Gasteiger partial charge in [0, 0.05) is 18.9 Å². The molecule has 4 heteroatoms. The fourth-order valence-corrected chi connectivity index (χ4v) is 1.24. The summed E-state index contributed by atoms with van der Waals surface area (Å²) in [5, 5.41) is 10.6. The molecule has 0 saturated carbocycles. The second-order valence-electron chi connectivity index (χ2n) is 3.35. The van der Waals surface area contributed by atoms with E-state index in [0.717, 1.165) is 12.0 Å². The number of amides is 1. The van der Waals surface area contributed by atoms with Gasteiger partial charge in [-0.05, 0) is 24.1 Å². The molecule has 0 saturated heterocycles. The van der Waals surface area contributed by atoms with Crippen molar-refractivity contribution in [2.24, 2.45) is 0 Å². The van der Waals surface area contributed by atoms with E-state index < -0.39 is 6.09 Å². The lowest BCUT2D eigenvalue weighted by Gasteiger charge is -2.00. The summed E-state index contributed by atoms with van der Waals surface area (Å²) in [6.45, 7) is 0.472. The van der Waals surface area contributed by atoms with Crippen molar-refractivity contribution in [3.63, 3.8) is 0 Å². The molecule has 4 nitrogen and oxygen atoms in total. The molecule has 0 fully saturated rings. The Labute approximate surface area is 100 Å². The van der Waals surface area contributed by atoms with Gasteiger partial charge < -0.3 is 15.4 Å². The monoisotopic (exact) mass is 232 g/mol. The van der Waals surface area contributed by atoms with Crippen molar-refractivity contribution in [3.8, 4) is 0 Å². The van der Waals surface area contributed by atoms with Crippen LogP contribution in [-0.4, -0.2) is 22.7 Å². The maximum atomic E-state index is 10.1. The zero-order chi connectivity index (χ0) is 12.3. The number of aromatic amines is 1. The van der Waals surface area contributed by atoms with E-state index in [-0.39, 0.29) is 0 Å². The highest BCUT2D eigenvalue weighted by Gasteiger charge is 1.93. The quantitative estimate of drug-likeness (QED) is 0.761. The van der Waals surface area contributed by atoms with Crippen molar-refractivity contribution in [2.45, 2.75) is 6.42 Å². The second-order valence-corrected chi connectivity index (χ2v) is 3.35. The van der Waals surface area contributed by atoms with Crippen LogP contribution in [0.2, 0.25) is 0 Å². The van der Waals surface area contributed by atoms with E-state index in [1.54, 1.807) is 0 Å². The molecule has 1 aromatic carbocycles. The summed E-state index contributed by atoms with van der Waals surface area (Å²) in [6.07, 6.45) is 3.53. The number of carbonyl (C=O) groups is 1. The van der Waals surface area contributed by atoms with E-state index in [9.17, 15) is 4.79 Å². The third-order valence-corrected chi connectivity index (χ3v) is 2.03. The Hall–Kier alpha value is -2.23. The molecule has 1 amide bonds. The Morgan fingerprint density at radius 1 is 1.12 bits per heavy atom. The molecule has 0 spiro atoms. The fraction of sp³-hybridized carbons (Fsp3) is 0.154. The van der Waals surface area contributed by atoms with Crippen molar-refractivity contribution >= 4 is 6.09 Å². The molecule has 0 aliphatic heterocycles. The van der Waals surface area contributed by atoms with Crippen molar-refractivity contribution in [2.75, 3.05) is 6.54 Å². The van der Waals surface area contributed by atoms with Crippen molar-refractivity contribution in [1.29, 1.82) is 0 Å². The summed E-state index contributed by atoms with van der Waals surface area (Å²) < 4.78 is 0. The first-order valence-electron chi connectivity index (χ1n) is 5.37. The number of nitrogens with one attached hydrogen (secondary N) is 2. The molecule has 0 aliphatic carbocycles. The first kappa shape index (κ1) is 12.8. The van der Waals surface area contributed by atoms with Gasteiger partial charge in [-0.15, -0.1) is 0 Å². The Bertz CT molecular complexity index is 381. The van der Waals surface area contributed by atoms with E-state index in [1.165, 1.54) is 0 Å². The Balaban J connectivity index is 0.000000239. The van der Waals surface area contributed by atoms with E-state index >= 15 is 0 Å². The van der Waals surface area contributed by atoms with Crippen LogP contribution in [0, 0.1) is 0 Å². The predicted molar refractivity (Wildman–Crippen MR) is 67.0 cm³/mol. The van der Waals surface area contributed by atoms with Gasteiger partial charge in [-0.1, -0.05) is 30.3 Å². The van der Waals surface area contributed by atoms with E-state index in [0.29, 0.717) is 6.54 Å². The third kappa shape index (κ3) is 6.78. The summed E-state index contributed by atoms with van der Waals surface area (Å²) in [5.74, 6) is 0. The highest BCUT2D eigenvalue weighted by molar-refractivity contribution is 5.64. The van der Waals surface area contributed by atoms with Gasteiger partial charge in [0.05, 0.1) is 0 Å².